The standard InChI is InChI=1S/C23H32N4O/c1-16-9-17(2)11-22(10-16)26-23(24)25-12-20-5-7-21(8-6-20)15-27-13-18(3)28-19(4)14-27/h5-11,18-19H,12-15H2,1-4H3,(H3,24,25,26). The van der Waals surface area contributed by atoms with E-state index >= 15 is 0 Å². The van der Waals surface area contributed by atoms with Crippen LogP contribution >= 0.6 is 0 Å². The summed E-state index contributed by atoms with van der Waals surface area (Å²) in [6.07, 6.45) is 0.593. The fourth-order valence-corrected chi connectivity index (χ4v) is 3.83. The van der Waals surface area contributed by atoms with E-state index in [1.165, 1.54) is 16.7 Å². The molecule has 2 aromatic rings. The van der Waals surface area contributed by atoms with Crippen LogP contribution in [0.1, 0.15) is 36.1 Å². The van der Waals surface area contributed by atoms with Crippen molar-refractivity contribution >= 4 is 11.6 Å². The van der Waals surface area contributed by atoms with E-state index in [0.717, 1.165) is 30.9 Å². The third-order valence-electron chi connectivity index (χ3n) is 4.85. The van der Waals surface area contributed by atoms with Crippen LogP contribution in [-0.2, 0) is 17.8 Å². The van der Waals surface area contributed by atoms with Crippen molar-refractivity contribution in [1.29, 1.82) is 0 Å². The van der Waals surface area contributed by atoms with Gasteiger partial charge in [0, 0.05) is 25.3 Å². The molecule has 1 fully saturated rings. The lowest BCUT2D eigenvalue weighted by atomic mass is 10.1. The summed E-state index contributed by atoms with van der Waals surface area (Å²) in [5, 5.41) is 3.18. The van der Waals surface area contributed by atoms with Gasteiger partial charge in [-0.05, 0) is 62.1 Å². The Morgan fingerprint density at radius 1 is 1.04 bits per heavy atom. The van der Waals surface area contributed by atoms with Crippen LogP contribution in [0.25, 0.3) is 0 Å². The Kier molecular flexibility index (Phi) is 6.70. The average Bonchev–Trinajstić information content (AvgIpc) is 2.59. The van der Waals surface area contributed by atoms with Gasteiger partial charge >= 0.3 is 0 Å². The number of aliphatic imine (C=N–C) groups is 1. The number of nitrogens with zero attached hydrogens (tertiary/aromatic N) is 2. The predicted octanol–water partition coefficient (Wildman–Crippen LogP) is 3.84. The highest BCUT2D eigenvalue weighted by atomic mass is 16.5. The number of anilines is 1. The van der Waals surface area contributed by atoms with Crippen LogP contribution in [0.3, 0.4) is 0 Å². The van der Waals surface area contributed by atoms with Crippen LogP contribution < -0.4 is 11.1 Å². The normalized spacial score (nSPS) is 20.9. The molecule has 150 valence electrons. The molecule has 28 heavy (non-hydrogen) atoms. The zero-order valence-electron chi connectivity index (χ0n) is 17.4. The van der Waals surface area contributed by atoms with E-state index in [1.807, 2.05) is 0 Å². The molecule has 0 saturated carbocycles. The van der Waals surface area contributed by atoms with Gasteiger partial charge in [-0.3, -0.25) is 4.90 Å². The molecule has 5 nitrogen and oxygen atoms in total. The molecule has 3 N–H and O–H groups in total. The molecule has 0 radical (unpaired) electrons. The number of morpholine rings is 1. The number of hydrogen-bond acceptors (Lipinski definition) is 3. The molecule has 0 amide bonds. The second-order valence-electron chi connectivity index (χ2n) is 7.97. The predicted molar refractivity (Wildman–Crippen MR) is 117 cm³/mol. The van der Waals surface area contributed by atoms with Crippen LogP contribution in [0.4, 0.5) is 5.69 Å². The van der Waals surface area contributed by atoms with Crippen molar-refractivity contribution in [3.8, 4) is 0 Å². The maximum absolute atomic E-state index is 6.05. The summed E-state index contributed by atoms with van der Waals surface area (Å²) in [6.45, 7) is 11.9. The average molecular weight is 381 g/mol. The highest BCUT2D eigenvalue weighted by Crippen LogP contribution is 2.16. The summed E-state index contributed by atoms with van der Waals surface area (Å²) in [5.74, 6) is 0.436. The lowest BCUT2D eigenvalue weighted by molar-refractivity contribution is -0.0704. The van der Waals surface area contributed by atoms with Crippen molar-refractivity contribution in [2.45, 2.75) is 53.0 Å². The number of nitrogens with two attached hydrogens (primary N) is 1. The summed E-state index contributed by atoms with van der Waals surface area (Å²) < 4.78 is 5.81. The molecule has 2 unspecified atom stereocenters. The van der Waals surface area contributed by atoms with E-state index in [2.05, 4.69) is 85.4 Å². The van der Waals surface area contributed by atoms with E-state index in [9.17, 15) is 0 Å². The third-order valence-corrected chi connectivity index (χ3v) is 4.85. The second-order valence-corrected chi connectivity index (χ2v) is 7.97. The molecule has 1 heterocycles. The molecule has 0 bridgehead atoms. The first kappa shape index (κ1) is 20.4. The van der Waals surface area contributed by atoms with E-state index in [1.54, 1.807) is 0 Å². The summed E-state index contributed by atoms with van der Waals surface area (Å²) in [5.41, 5.74) is 11.9. The first-order chi connectivity index (χ1) is 13.4. The Balaban J connectivity index is 1.54. The van der Waals surface area contributed by atoms with Crippen LogP contribution in [0, 0.1) is 13.8 Å². The summed E-state index contributed by atoms with van der Waals surface area (Å²) >= 11 is 0. The molecule has 1 aliphatic rings. The quantitative estimate of drug-likeness (QED) is 0.611. The molecular weight excluding hydrogens is 348 g/mol. The van der Waals surface area contributed by atoms with Gasteiger partial charge in [0.05, 0.1) is 18.8 Å². The SMILES string of the molecule is Cc1cc(C)cc(NC(N)=NCc2ccc(CN3CC(C)OC(C)C3)cc2)c1. The van der Waals surface area contributed by atoms with E-state index in [-0.39, 0.29) is 0 Å². The number of nitrogens with one attached hydrogen (secondary N) is 1. The third kappa shape index (κ3) is 6.08. The molecule has 0 spiro atoms. The van der Waals surface area contributed by atoms with Gasteiger partial charge in [0.25, 0.3) is 0 Å². The minimum Gasteiger partial charge on any atom is -0.373 e. The zero-order chi connectivity index (χ0) is 20.1. The second kappa shape index (κ2) is 9.22. The smallest absolute Gasteiger partial charge is 0.193 e. The Hall–Kier alpha value is -2.37. The van der Waals surface area contributed by atoms with Gasteiger partial charge in [-0.15, -0.1) is 0 Å². The molecule has 1 saturated heterocycles. The van der Waals surface area contributed by atoms with Gasteiger partial charge in [-0.25, -0.2) is 4.99 Å². The lowest BCUT2D eigenvalue weighted by Gasteiger charge is -2.35. The van der Waals surface area contributed by atoms with Crippen molar-refractivity contribution in [3.05, 3.63) is 64.7 Å². The fourth-order valence-electron chi connectivity index (χ4n) is 3.83. The topological polar surface area (TPSA) is 62.9 Å². The molecule has 1 aliphatic heterocycles. The van der Waals surface area contributed by atoms with Gasteiger partial charge < -0.3 is 15.8 Å². The molecule has 2 atom stereocenters. The largest absolute Gasteiger partial charge is 0.373 e. The van der Waals surface area contributed by atoms with Gasteiger partial charge in [0.2, 0.25) is 0 Å². The van der Waals surface area contributed by atoms with Crippen molar-refractivity contribution < 1.29 is 4.74 Å². The van der Waals surface area contributed by atoms with Crippen LogP contribution in [0.2, 0.25) is 0 Å². The first-order valence-corrected chi connectivity index (χ1v) is 9.98. The molecule has 0 aromatic heterocycles. The maximum Gasteiger partial charge on any atom is 0.193 e. The Morgan fingerprint density at radius 2 is 1.61 bits per heavy atom. The summed E-state index contributed by atoms with van der Waals surface area (Å²) in [6, 6.07) is 14.9. The van der Waals surface area contributed by atoms with E-state index in [4.69, 9.17) is 10.5 Å². The molecular formula is C23H32N4O. The van der Waals surface area contributed by atoms with Gasteiger partial charge in [0.15, 0.2) is 5.96 Å². The molecule has 2 aromatic carbocycles. The van der Waals surface area contributed by atoms with Crippen molar-refractivity contribution in [2.75, 3.05) is 18.4 Å². The van der Waals surface area contributed by atoms with Crippen LogP contribution in [0.15, 0.2) is 47.5 Å². The number of guanidine groups is 1. The summed E-state index contributed by atoms with van der Waals surface area (Å²) in [7, 11) is 0. The van der Waals surface area contributed by atoms with Crippen LogP contribution in [0.5, 0.6) is 0 Å². The summed E-state index contributed by atoms with van der Waals surface area (Å²) in [4.78, 5) is 6.93. The fraction of sp³-hybridized carbons (Fsp3) is 0.435. The van der Waals surface area contributed by atoms with Gasteiger partial charge in [-0.1, -0.05) is 30.3 Å². The van der Waals surface area contributed by atoms with Gasteiger partial charge in [0.1, 0.15) is 0 Å². The van der Waals surface area contributed by atoms with Gasteiger partial charge in [-0.2, -0.15) is 0 Å². The monoisotopic (exact) mass is 380 g/mol. The Labute approximate surface area is 168 Å². The highest BCUT2D eigenvalue weighted by Gasteiger charge is 2.21. The number of ether oxygens (including phenoxy) is 1. The van der Waals surface area contributed by atoms with E-state index < -0.39 is 0 Å². The van der Waals surface area contributed by atoms with Crippen LogP contribution in [-0.4, -0.2) is 36.2 Å². The zero-order valence-corrected chi connectivity index (χ0v) is 17.4. The lowest BCUT2D eigenvalue weighted by Crippen LogP contribution is -2.44. The number of aryl methyl sites for hydroxylation is 2. The molecule has 3 rings (SSSR count). The molecule has 0 aliphatic carbocycles. The Bertz CT molecular complexity index is 786. The van der Waals surface area contributed by atoms with Crippen molar-refractivity contribution in [3.63, 3.8) is 0 Å². The Morgan fingerprint density at radius 3 is 2.21 bits per heavy atom. The minimum absolute atomic E-state index is 0.296. The molecule has 5 heteroatoms. The minimum atomic E-state index is 0.296. The maximum atomic E-state index is 6.05. The number of rotatable bonds is 5. The highest BCUT2D eigenvalue weighted by molar-refractivity contribution is 5.92. The number of benzene rings is 2. The van der Waals surface area contributed by atoms with Crippen molar-refractivity contribution in [1.82, 2.24) is 4.90 Å². The van der Waals surface area contributed by atoms with E-state index in [0.29, 0.717) is 24.7 Å². The van der Waals surface area contributed by atoms with Crippen molar-refractivity contribution in [2.24, 2.45) is 10.7 Å². The number of hydrogen-bond donors (Lipinski definition) is 2. The first-order valence-electron chi connectivity index (χ1n) is 9.98.